The lowest BCUT2D eigenvalue weighted by atomic mass is 10.2. The monoisotopic (exact) mass is 313 g/mol. The lowest BCUT2D eigenvalue weighted by molar-refractivity contribution is -0.117. The SMILES string of the molecule is COc1ccc(/C(=N/c2cc(C)c(C#N)s2)NC(C)=O)cc1. The van der Waals surface area contributed by atoms with Gasteiger partial charge in [-0.15, -0.1) is 11.3 Å². The van der Waals surface area contributed by atoms with Gasteiger partial charge in [-0.05, 0) is 42.8 Å². The zero-order valence-corrected chi connectivity index (χ0v) is 13.3. The van der Waals surface area contributed by atoms with E-state index in [9.17, 15) is 4.79 Å². The van der Waals surface area contributed by atoms with Crippen molar-refractivity contribution in [1.82, 2.24) is 5.32 Å². The first kappa shape index (κ1) is 15.7. The summed E-state index contributed by atoms with van der Waals surface area (Å²) in [4.78, 5) is 16.5. The van der Waals surface area contributed by atoms with Gasteiger partial charge in [-0.2, -0.15) is 5.26 Å². The third-order valence-electron chi connectivity index (χ3n) is 2.89. The maximum absolute atomic E-state index is 11.4. The third-order valence-corrected chi connectivity index (χ3v) is 3.92. The summed E-state index contributed by atoms with van der Waals surface area (Å²) in [6.45, 7) is 3.29. The maximum atomic E-state index is 11.4. The lowest BCUT2D eigenvalue weighted by Crippen LogP contribution is -2.28. The summed E-state index contributed by atoms with van der Waals surface area (Å²) in [7, 11) is 1.59. The first-order valence-corrected chi connectivity index (χ1v) is 7.36. The van der Waals surface area contributed by atoms with Crippen molar-refractivity contribution in [2.75, 3.05) is 7.11 Å². The molecule has 6 heteroatoms. The molecular formula is C16H15N3O2S. The molecule has 22 heavy (non-hydrogen) atoms. The van der Waals surface area contributed by atoms with Gasteiger partial charge in [-0.1, -0.05) is 0 Å². The van der Waals surface area contributed by atoms with Crippen molar-refractivity contribution in [2.24, 2.45) is 4.99 Å². The van der Waals surface area contributed by atoms with E-state index < -0.39 is 0 Å². The summed E-state index contributed by atoms with van der Waals surface area (Å²) in [5.41, 5.74) is 1.64. The predicted molar refractivity (Wildman–Crippen MR) is 86.8 cm³/mol. The molecule has 2 rings (SSSR count). The Morgan fingerprint density at radius 3 is 2.55 bits per heavy atom. The Bertz CT molecular complexity index is 755. The highest BCUT2D eigenvalue weighted by molar-refractivity contribution is 7.16. The van der Waals surface area contributed by atoms with E-state index in [4.69, 9.17) is 10.00 Å². The molecule has 1 aromatic heterocycles. The number of aryl methyl sites for hydroxylation is 1. The van der Waals surface area contributed by atoms with Gasteiger partial charge in [0.15, 0.2) is 0 Å². The normalized spacial score (nSPS) is 10.9. The largest absolute Gasteiger partial charge is 0.497 e. The van der Waals surface area contributed by atoms with Crippen LogP contribution in [0.4, 0.5) is 5.00 Å². The van der Waals surface area contributed by atoms with Crippen LogP contribution in [0.3, 0.4) is 0 Å². The van der Waals surface area contributed by atoms with Crippen LogP contribution in [-0.2, 0) is 4.79 Å². The molecule has 1 heterocycles. The van der Waals surface area contributed by atoms with Crippen molar-refractivity contribution >= 4 is 28.1 Å². The second kappa shape index (κ2) is 6.87. The van der Waals surface area contributed by atoms with E-state index in [1.54, 1.807) is 19.2 Å². The molecule has 0 unspecified atom stereocenters. The quantitative estimate of drug-likeness (QED) is 0.698. The number of nitriles is 1. The molecule has 0 saturated heterocycles. The van der Waals surface area contributed by atoms with E-state index in [0.717, 1.165) is 16.9 Å². The van der Waals surface area contributed by atoms with Gasteiger partial charge in [0.2, 0.25) is 5.91 Å². The topological polar surface area (TPSA) is 74.5 Å². The number of methoxy groups -OCH3 is 1. The Hall–Kier alpha value is -2.65. The minimum Gasteiger partial charge on any atom is -0.497 e. The Kier molecular flexibility index (Phi) is 4.92. The van der Waals surface area contributed by atoms with E-state index in [1.165, 1.54) is 18.3 Å². The van der Waals surface area contributed by atoms with Crippen LogP contribution in [0, 0.1) is 18.3 Å². The Morgan fingerprint density at radius 1 is 1.36 bits per heavy atom. The van der Waals surface area contributed by atoms with Crippen molar-refractivity contribution in [3.8, 4) is 11.8 Å². The summed E-state index contributed by atoms with van der Waals surface area (Å²) in [5.74, 6) is 0.967. The summed E-state index contributed by atoms with van der Waals surface area (Å²) < 4.78 is 5.12. The van der Waals surface area contributed by atoms with Gasteiger partial charge in [0.25, 0.3) is 0 Å². The van der Waals surface area contributed by atoms with Gasteiger partial charge in [0.1, 0.15) is 27.5 Å². The Morgan fingerprint density at radius 2 is 2.05 bits per heavy atom. The van der Waals surface area contributed by atoms with E-state index in [1.807, 2.05) is 25.1 Å². The van der Waals surface area contributed by atoms with Gasteiger partial charge in [-0.25, -0.2) is 4.99 Å². The molecule has 0 aliphatic carbocycles. The summed E-state index contributed by atoms with van der Waals surface area (Å²) >= 11 is 1.29. The minimum atomic E-state index is -0.205. The Labute approximate surface area is 132 Å². The number of hydrogen-bond acceptors (Lipinski definition) is 5. The average molecular weight is 313 g/mol. The number of rotatable bonds is 3. The van der Waals surface area contributed by atoms with Crippen molar-refractivity contribution < 1.29 is 9.53 Å². The number of carbonyl (C=O) groups excluding carboxylic acids is 1. The maximum Gasteiger partial charge on any atom is 0.222 e. The van der Waals surface area contributed by atoms with Crippen LogP contribution in [0.15, 0.2) is 35.3 Å². The number of aliphatic imine (C=N–C) groups is 1. The van der Waals surface area contributed by atoms with Crippen LogP contribution in [0.5, 0.6) is 5.75 Å². The summed E-state index contributed by atoms with van der Waals surface area (Å²) in [6, 6.07) is 11.2. The number of benzene rings is 1. The van der Waals surface area contributed by atoms with Crippen molar-refractivity contribution in [2.45, 2.75) is 13.8 Å². The molecule has 1 aromatic carbocycles. The highest BCUT2D eigenvalue weighted by Crippen LogP contribution is 2.29. The van der Waals surface area contributed by atoms with Crippen LogP contribution >= 0.6 is 11.3 Å². The zero-order valence-electron chi connectivity index (χ0n) is 12.5. The number of nitrogens with zero attached hydrogens (tertiary/aromatic N) is 2. The van der Waals surface area contributed by atoms with Crippen LogP contribution in [-0.4, -0.2) is 18.9 Å². The second-order valence-electron chi connectivity index (χ2n) is 4.58. The van der Waals surface area contributed by atoms with Crippen LogP contribution in [0.25, 0.3) is 0 Å². The molecule has 0 saturated carbocycles. The average Bonchev–Trinajstić information content (AvgIpc) is 2.86. The summed E-state index contributed by atoms with van der Waals surface area (Å²) in [5, 5.41) is 12.4. The molecular weight excluding hydrogens is 298 g/mol. The fourth-order valence-corrected chi connectivity index (χ4v) is 2.67. The third kappa shape index (κ3) is 3.71. The number of amidine groups is 1. The first-order chi connectivity index (χ1) is 10.5. The number of nitrogens with one attached hydrogen (secondary N) is 1. The molecule has 0 atom stereocenters. The zero-order chi connectivity index (χ0) is 16.1. The van der Waals surface area contributed by atoms with E-state index >= 15 is 0 Å². The van der Waals surface area contributed by atoms with Gasteiger partial charge in [0, 0.05) is 12.5 Å². The van der Waals surface area contributed by atoms with Gasteiger partial charge >= 0.3 is 0 Å². The van der Waals surface area contributed by atoms with Crippen molar-refractivity contribution in [3.63, 3.8) is 0 Å². The molecule has 0 fully saturated rings. The standard InChI is InChI=1S/C16H15N3O2S/c1-10-8-15(22-14(10)9-17)19-16(18-11(2)20)12-4-6-13(21-3)7-5-12/h4-8H,1-3H3,(H,18,19,20). The van der Waals surface area contributed by atoms with E-state index in [-0.39, 0.29) is 5.91 Å². The van der Waals surface area contributed by atoms with E-state index in [0.29, 0.717) is 15.7 Å². The molecule has 1 N–H and O–H groups in total. The smallest absolute Gasteiger partial charge is 0.222 e. The lowest BCUT2D eigenvalue weighted by Gasteiger charge is -2.07. The number of amides is 1. The molecule has 2 aromatic rings. The molecule has 0 bridgehead atoms. The number of ether oxygens (including phenoxy) is 1. The molecule has 5 nitrogen and oxygen atoms in total. The molecule has 0 aliphatic rings. The molecule has 0 radical (unpaired) electrons. The second-order valence-corrected chi connectivity index (χ2v) is 5.61. The van der Waals surface area contributed by atoms with E-state index in [2.05, 4.69) is 16.4 Å². The number of hydrogen-bond donors (Lipinski definition) is 1. The van der Waals surface area contributed by atoms with Crippen molar-refractivity contribution in [1.29, 1.82) is 5.26 Å². The first-order valence-electron chi connectivity index (χ1n) is 6.54. The molecule has 0 aliphatic heterocycles. The van der Waals surface area contributed by atoms with Crippen LogP contribution in [0.1, 0.15) is 22.9 Å². The van der Waals surface area contributed by atoms with Crippen LogP contribution in [0.2, 0.25) is 0 Å². The molecule has 112 valence electrons. The Balaban J connectivity index is 2.41. The minimum absolute atomic E-state index is 0.205. The van der Waals surface area contributed by atoms with Gasteiger partial charge in [-0.3, -0.25) is 4.79 Å². The number of carbonyl (C=O) groups is 1. The highest BCUT2D eigenvalue weighted by Gasteiger charge is 2.09. The van der Waals surface area contributed by atoms with Crippen molar-refractivity contribution in [3.05, 3.63) is 46.3 Å². The fourth-order valence-electron chi connectivity index (χ4n) is 1.82. The molecule has 1 amide bonds. The van der Waals surface area contributed by atoms with Crippen LogP contribution < -0.4 is 10.1 Å². The molecule has 0 spiro atoms. The van der Waals surface area contributed by atoms with Gasteiger partial charge in [0.05, 0.1) is 7.11 Å². The predicted octanol–water partition coefficient (Wildman–Crippen LogP) is 3.15. The number of thiophene rings is 1. The van der Waals surface area contributed by atoms with Gasteiger partial charge < -0.3 is 10.1 Å². The highest BCUT2D eigenvalue weighted by atomic mass is 32.1. The fraction of sp³-hybridized carbons (Fsp3) is 0.188. The summed E-state index contributed by atoms with van der Waals surface area (Å²) in [6.07, 6.45) is 0.